The normalized spacial score (nSPS) is 15.0. The van der Waals surface area contributed by atoms with Gasteiger partial charge in [-0.3, -0.25) is 4.79 Å². The van der Waals surface area contributed by atoms with Crippen LogP contribution < -0.4 is 10.1 Å². The summed E-state index contributed by atoms with van der Waals surface area (Å²) < 4.78 is 5.14. The van der Waals surface area contributed by atoms with E-state index in [9.17, 15) is 4.79 Å². The average molecular weight is 303 g/mol. The fourth-order valence-corrected chi connectivity index (χ4v) is 3.07. The van der Waals surface area contributed by atoms with Gasteiger partial charge in [-0.25, -0.2) is 4.98 Å². The molecule has 3 rings (SSSR count). The summed E-state index contributed by atoms with van der Waals surface area (Å²) in [6, 6.07) is 7.70. The van der Waals surface area contributed by atoms with Gasteiger partial charge in [0.05, 0.1) is 7.11 Å². The summed E-state index contributed by atoms with van der Waals surface area (Å²) in [5, 5.41) is 5.93. The number of thiazole rings is 1. The molecule has 1 aromatic heterocycles. The zero-order chi connectivity index (χ0) is 14.7. The number of amides is 1. The standard InChI is InChI=1S/C15H17N3O2S/c1-20-12-4-2-11(3-5-12)14-17-13(10-21-14)15(19)18-8-6-16-7-9-18/h2-5,10,16H,6-9H2,1H3. The Kier molecular flexibility index (Phi) is 4.17. The van der Waals surface area contributed by atoms with Crippen molar-refractivity contribution in [3.05, 3.63) is 35.3 Å². The van der Waals surface area contributed by atoms with Crippen LogP contribution in [0.3, 0.4) is 0 Å². The van der Waals surface area contributed by atoms with Gasteiger partial charge in [0.2, 0.25) is 0 Å². The van der Waals surface area contributed by atoms with Gasteiger partial charge in [-0.1, -0.05) is 0 Å². The van der Waals surface area contributed by atoms with Gasteiger partial charge < -0.3 is 15.0 Å². The Balaban J connectivity index is 1.77. The summed E-state index contributed by atoms with van der Waals surface area (Å²) in [6.07, 6.45) is 0. The van der Waals surface area contributed by atoms with E-state index in [4.69, 9.17) is 4.74 Å². The molecule has 0 unspecified atom stereocenters. The van der Waals surface area contributed by atoms with Crippen LogP contribution in [0.5, 0.6) is 5.75 Å². The van der Waals surface area contributed by atoms with E-state index >= 15 is 0 Å². The van der Waals surface area contributed by atoms with Gasteiger partial charge in [0.25, 0.3) is 5.91 Å². The number of nitrogens with one attached hydrogen (secondary N) is 1. The van der Waals surface area contributed by atoms with E-state index in [1.807, 2.05) is 34.5 Å². The van der Waals surface area contributed by atoms with Crippen molar-refractivity contribution < 1.29 is 9.53 Å². The minimum Gasteiger partial charge on any atom is -0.497 e. The number of methoxy groups -OCH3 is 1. The van der Waals surface area contributed by atoms with Crippen molar-refractivity contribution >= 4 is 17.2 Å². The molecule has 1 N–H and O–H groups in total. The Hall–Kier alpha value is -1.92. The third kappa shape index (κ3) is 3.06. The molecule has 1 aliphatic heterocycles. The molecular weight excluding hydrogens is 286 g/mol. The number of hydrogen-bond acceptors (Lipinski definition) is 5. The monoisotopic (exact) mass is 303 g/mol. The molecule has 1 amide bonds. The number of carbonyl (C=O) groups is 1. The number of rotatable bonds is 3. The molecule has 2 heterocycles. The molecule has 1 aliphatic rings. The van der Waals surface area contributed by atoms with Crippen molar-refractivity contribution in [2.24, 2.45) is 0 Å². The maximum absolute atomic E-state index is 12.4. The molecule has 1 saturated heterocycles. The third-order valence-corrected chi connectivity index (χ3v) is 4.36. The molecule has 0 radical (unpaired) electrons. The van der Waals surface area contributed by atoms with E-state index < -0.39 is 0 Å². The lowest BCUT2D eigenvalue weighted by molar-refractivity contribution is 0.0731. The SMILES string of the molecule is COc1ccc(-c2nc(C(=O)N3CCNCC3)cs2)cc1. The van der Waals surface area contributed by atoms with E-state index in [1.165, 1.54) is 11.3 Å². The number of ether oxygens (including phenoxy) is 1. The first kappa shape index (κ1) is 14.0. The smallest absolute Gasteiger partial charge is 0.273 e. The van der Waals surface area contributed by atoms with Crippen LogP contribution in [0, 0.1) is 0 Å². The molecule has 0 atom stereocenters. The Morgan fingerprint density at radius 1 is 1.29 bits per heavy atom. The van der Waals surface area contributed by atoms with E-state index in [0.717, 1.165) is 42.5 Å². The third-order valence-electron chi connectivity index (χ3n) is 3.46. The second-order valence-electron chi connectivity index (χ2n) is 4.81. The number of aromatic nitrogens is 1. The van der Waals surface area contributed by atoms with E-state index in [2.05, 4.69) is 10.3 Å². The van der Waals surface area contributed by atoms with Crippen LogP contribution in [-0.4, -0.2) is 49.1 Å². The van der Waals surface area contributed by atoms with Crippen molar-refractivity contribution in [3.8, 4) is 16.3 Å². The maximum Gasteiger partial charge on any atom is 0.273 e. The molecule has 6 heteroatoms. The topological polar surface area (TPSA) is 54.5 Å². The summed E-state index contributed by atoms with van der Waals surface area (Å²) in [6.45, 7) is 3.19. The summed E-state index contributed by atoms with van der Waals surface area (Å²) in [5.41, 5.74) is 1.54. The predicted molar refractivity (Wildman–Crippen MR) is 82.9 cm³/mol. The first-order valence-corrected chi connectivity index (χ1v) is 7.76. The van der Waals surface area contributed by atoms with E-state index in [1.54, 1.807) is 7.11 Å². The molecule has 0 saturated carbocycles. The number of benzene rings is 1. The first-order valence-electron chi connectivity index (χ1n) is 6.88. The van der Waals surface area contributed by atoms with Crippen LogP contribution in [0.2, 0.25) is 0 Å². The van der Waals surface area contributed by atoms with Gasteiger partial charge in [0.15, 0.2) is 0 Å². The average Bonchev–Trinajstić information content (AvgIpc) is 3.05. The molecule has 0 aliphatic carbocycles. The summed E-state index contributed by atoms with van der Waals surface area (Å²) in [7, 11) is 1.64. The Morgan fingerprint density at radius 2 is 2.00 bits per heavy atom. The summed E-state index contributed by atoms with van der Waals surface area (Å²) >= 11 is 1.49. The van der Waals surface area contributed by atoms with Crippen LogP contribution >= 0.6 is 11.3 Å². The van der Waals surface area contributed by atoms with Gasteiger partial charge in [0, 0.05) is 37.1 Å². The Labute approximate surface area is 127 Å². The predicted octanol–water partition coefficient (Wildman–Crippen LogP) is 1.86. The number of piperazine rings is 1. The van der Waals surface area contributed by atoms with E-state index in [-0.39, 0.29) is 5.91 Å². The van der Waals surface area contributed by atoms with Gasteiger partial charge >= 0.3 is 0 Å². The van der Waals surface area contributed by atoms with Crippen molar-refractivity contribution in [2.45, 2.75) is 0 Å². The van der Waals surface area contributed by atoms with Gasteiger partial charge in [-0.05, 0) is 24.3 Å². The van der Waals surface area contributed by atoms with Gasteiger partial charge in [-0.15, -0.1) is 11.3 Å². The minimum absolute atomic E-state index is 0.0208. The molecule has 2 aromatic rings. The zero-order valence-electron chi connectivity index (χ0n) is 11.8. The number of hydrogen-bond donors (Lipinski definition) is 1. The Morgan fingerprint density at radius 3 is 2.67 bits per heavy atom. The lowest BCUT2D eigenvalue weighted by atomic mass is 10.2. The van der Waals surface area contributed by atoms with Crippen LogP contribution in [0.15, 0.2) is 29.6 Å². The molecule has 1 fully saturated rings. The van der Waals surface area contributed by atoms with Gasteiger partial charge in [0.1, 0.15) is 16.5 Å². The second kappa shape index (κ2) is 6.24. The lowest BCUT2D eigenvalue weighted by Gasteiger charge is -2.26. The fourth-order valence-electron chi connectivity index (χ4n) is 2.27. The summed E-state index contributed by atoms with van der Waals surface area (Å²) in [5.74, 6) is 0.833. The largest absolute Gasteiger partial charge is 0.497 e. The molecule has 5 nitrogen and oxygen atoms in total. The second-order valence-corrected chi connectivity index (χ2v) is 5.67. The minimum atomic E-state index is 0.0208. The quantitative estimate of drug-likeness (QED) is 0.940. The highest BCUT2D eigenvalue weighted by Crippen LogP contribution is 2.26. The highest BCUT2D eigenvalue weighted by atomic mass is 32.1. The molecular formula is C15H17N3O2S. The zero-order valence-corrected chi connectivity index (χ0v) is 12.7. The molecule has 0 bridgehead atoms. The van der Waals surface area contributed by atoms with Crippen molar-refractivity contribution in [1.82, 2.24) is 15.2 Å². The molecule has 110 valence electrons. The molecule has 1 aromatic carbocycles. The highest BCUT2D eigenvalue weighted by Gasteiger charge is 2.20. The van der Waals surface area contributed by atoms with Crippen molar-refractivity contribution in [1.29, 1.82) is 0 Å². The molecule has 21 heavy (non-hydrogen) atoms. The number of nitrogens with zero attached hydrogens (tertiary/aromatic N) is 2. The first-order chi connectivity index (χ1) is 10.3. The highest BCUT2D eigenvalue weighted by molar-refractivity contribution is 7.13. The van der Waals surface area contributed by atoms with Crippen LogP contribution in [0.4, 0.5) is 0 Å². The van der Waals surface area contributed by atoms with E-state index in [0.29, 0.717) is 5.69 Å². The lowest BCUT2D eigenvalue weighted by Crippen LogP contribution is -2.46. The fraction of sp³-hybridized carbons (Fsp3) is 0.333. The van der Waals surface area contributed by atoms with Crippen molar-refractivity contribution in [2.75, 3.05) is 33.3 Å². The van der Waals surface area contributed by atoms with Crippen LogP contribution in [0.25, 0.3) is 10.6 Å². The van der Waals surface area contributed by atoms with Gasteiger partial charge in [-0.2, -0.15) is 0 Å². The van der Waals surface area contributed by atoms with Crippen LogP contribution in [-0.2, 0) is 0 Å². The Bertz CT molecular complexity index is 618. The van der Waals surface area contributed by atoms with Crippen molar-refractivity contribution in [3.63, 3.8) is 0 Å². The summed E-state index contributed by atoms with van der Waals surface area (Å²) in [4.78, 5) is 18.7. The number of carbonyl (C=O) groups excluding carboxylic acids is 1. The molecule has 0 spiro atoms. The maximum atomic E-state index is 12.4. The van der Waals surface area contributed by atoms with Crippen LogP contribution in [0.1, 0.15) is 10.5 Å².